The number of hydrogen-bond donors (Lipinski definition) is 2. The van der Waals surface area contributed by atoms with Gasteiger partial charge in [0.15, 0.2) is 5.43 Å². The largest absolute Gasteiger partial charge is 0.354 e. The zero-order chi connectivity index (χ0) is 26.2. The van der Waals surface area contributed by atoms with E-state index in [0.29, 0.717) is 5.39 Å². The Balaban J connectivity index is 1.41. The van der Waals surface area contributed by atoms with Gasteiger partial charge in [0, 0.05) is 69.2 Å². The van der Waals surface area contributed by atoms with Crippen LogP contribution in [0.2, 0.25) is 0 Å². The molecule has 0 radical (unpaired) electrons. The number of aromatic nitrogens is 2. The van der Waals surface area contributed by atoms with Crippen molar-refractivity contribution in [2.45, 2.75) is 0 Å². The molecule has 0 aliphatic carbocycles. The molecule has 0 unspecified atom stereocenters. The fourth-order valence-electron chi connectivity index (χ4n) is 5.76. The number of halogens is 2. The van der Waals surface area contributed by atoms with Gasteiger partial charge in [0.05, 0.1) is 21.1 Å². The first-order chi connectivity index (χ1) is 19.1. The molecule has 0 saturated heterocycles. The fraction of sp³-hybridized carbons (Fsp3) is 0. The maximum absolute atomic E-state index is 13.6. The van der Waals surface area contributed by atoms with Crippen LogP contribution in [0.25, 0.3) is 75.3 Å². The molecule has 6 heteroatoms. The zero-order valence-electron chi connectivity index (χ0n) is 20.3. The van der Waals surface area contributed by atoms with E-state index in [9.17, 15) is 4.79 Å². The minimum absolute atomic E-state index is 0.00481. The van der Waals surface area contributed by atoms with Gasteiger partial charge < -0.3 is 9.97 Å². The minimum Gasteiger partial charge on any atom is -0.354 e. The SMILES string of the molecule is O=c1cc(-c2cccc3c2[nH]c2ccccc23)sc2c(Br)c(-c3cccc4c3[nH]c3ccccc34)cc(Br)c12. The first-order valence-electron chi connectivity index (χ1n) is 12.5. The van der Waals surface area contributed by atoms with Crippen molar-refractivity contribution >= 4 is 96.9 Å². The van der Waals surface area contributed by atoms with E-state index < -0.39 is 0 Å². The maximum atomic E-state index is 13.6. The summed E-state index contributed by atoms with van der Waals surface area (Å²) in [5.41, 5.74) is 7.46. The van der Waals surface area contributed by atoms with Gasteiger partial charge >= 0.3 is 0 Å². The fourth-order valence-corrected chi connectivity index (χ4v) is 8.46. The summed E-state index contributed by atoms with van der Waals surface area (Å²) in [4.78, 5) is 21.7. The van der Waals surface area contributed by atoms with E-state index >= 15 is 0 Å². The highest BCUT2D eigenvalue weighted by atomic mass is 79.9. The molecular formula is C33H18Br2N2OS. The normalized spacial score (nSPS) is 11.9. The van der Waals surface area contributed by atoms with Gasteiger partial charge in [0.25, 0.3) is 0 Å². The van der Waals surface area contributed by atoms with Crippen molar-refractivity contribution in [2.75, 3.05) is 0 Å². The van der Waals surface area contributed by atoms with Crippen LogP contribution in [-0.4, -0.2) is 9.97 Å². The average molecular weight is 650 g/mol. The molecule has 8 rings (SSSR count). The van der Waals surface area contributed by atoms with Gasteiger partial charge in [-0.2, -0.15) is 0 Å². The summed E-state index contributed by atoms with van der Waals surface area (Å²) >= 11 is 9.30. The lowest BCUT2D eigenvalue weighted by Crippen LogP contribution is -2.01. The van der Waals surface area contributed by atoms with Crippen LogP contribution < -0.4 is 5.43 Å². The van der Waals surface area contributed by atoms with Crippen molar-refractivity contribution in [2.24, 2.45) is 0 Å². The molecule has 8 aromatic rings. The van der Waals surface area contributed by atoms with E-state index in [-0.39, 0.29) is 5.43 Å². The number of para-hydroxylation sites is 4. The second-order valence-corrected chi connectivity index (χ2v) is 12.4. The van der Waals surface area contributed by atoms with Gasteiger partial charge in [0.1, 0.15) is 0 Å². The topological polar surface area (TPSA) is 48.6 Å². The molecule has 0 amide bonds. The number of hydrogen-bond acceptors (Lipinski definition) is 2. The summed E-state index contributed by atoms with van der Waals surface area (Å²) in [6, 6.07) is 33.2. The molecule has 0 bridgehead atoms. The summed E-state index contributed by atoms with van der Waals surface area (Å²) in [5.74, 6) is 0. The molecule has 2 N–H and O–H groups in total. The van der Waals surface area contributed by atoms with Gasteiger partial charge in [0.2, 0.25) is 0 Å². The second kappa shape index (κ2) is 8.65. The summed E-state index contributed by atoms with van der Waals surface area (Å²) in [6.45, 7) is 0. The number of aromatic amines is 2. The number of benzene rings is 5. The molecule has 3 nitrogen and oxygen atoms in total. The van der Waals surface area contributed by atoms with Gasteiger partial charge in [-0.15, -0.1) is 11.3 Å². The quantitative estimate of drug-likeness (QED) is 0.192. The molecule has 3 heterocycles. The Bertz CT molecular complexity index is 2350. The highest BCUT2D eigenvalue weighted by Crippen LogP contribution is 2.45. The zero-order valence-corrected chi connectivity index (χ0v) is 24.3. The molecule has 5 aromatic carbocycles. The smallest absolute Gasteiger partial charge is 0.189 e. The highest BCUT2D eigenvalue weighted by Gasteiger charge is 2.19. The molecule has 186 valence electrons. The predicted octanol–water partition coefficient (Wildman–Crippen LogP) is 10.4. The van der Waals surface area contributed by atoms with E-state index in [1.54, 1.807) is 17.4 Å². The van der Waals surface area contributed by atoms with Crippen LogP contribution in [0, 0.1) is 0 Å². The van der Waals surface area contributed by atoms with E-state index in [4.69, 9.17) is 0 Å². The van der Waals surface area contributed by atoms with Crippen molar-refractivity contribution in [3.63, 3.8) is 0 Å². The first kappa shape index (κ1) is 23.2. The lowest BCUT2D eigenvalue weighted by molar-refractivity contribution is 1.53. The van der Waals surface area contributed by atoms with Crippen LogP contribution >= 0.6 is 43.2 Å². The third-order valence-corrected chi connectivity index (χ3v) is 10.4. The van der Waals surface area contributed by atoms with Gasteiger partial charge in [-0.05, 0) is 50.1 Å². The van der Waals surface area contributed by atoms with Crippen LogP contribution in [-0.2, 0) is 0 Å². The average Bonchev–Trinajstić information content (AvgIpc) is 3.53. The van der Waals surface area contributed by atoms with Crippen LogP contribution in [0.3, 0.4) is 0 Å². The van der Waals surface area contributed by atoms with Gasteiger partial charge in [-0.1, -0.05) is 72.8 Å². The van der Waals surface area contributed by atoms with Crippen molar-refractivity contribution in [3.05, 3.63) is 116 Å². The number of H-pyrrole nitrogens is 2. The van der Waals surface area contributed by atoms with Gasteiger partial charge in [-0.3, -0.25) is 4.79 Å². The first-order valence-corrected chi connectivity index (χ1v) is 14.9. The van der Waals surface area contributed by atoms with Crippen LogP contribution in [0.4, 0.5) is 0 Å². The van der Waals surface area contributed by atoms with Crippen LogP contribution in [0.1, 0.15) is 0 Å². The Hall–Kier alpha value is -3.71. The van der Waals surface area contributed by atoms with Crippen molar-refractivity contribution < 1.29 is 0 Å². The molecule has 0 fully saturated rings. The Morgan fingerprint density at radius 1 is 0.590 bits per heavy atom. The Morgan fingerprint density at radius 2 is 1.15 bits per heavy atom. The second-order valence-electron chi connectivity index (χ2n) is 9.70. The Kier molecular flexibility index (Phi) is 5.14. The standard InChI is InChI=1S/C33H18Br2N2OS/c34-24-15-23(21-11-5-9-19-17-7-1-3-13-25(17)36-31(19)21)30(35)33-29(24)27(38)16-28(39-33)22-12-6-10-20-18-8-2-4-14-26(18)37-32(20)22/h1-16,36-37H. The predicted molar refractivity (Wildman–Crippen MR) is 173 cm³/mol. The minimum atomic E-state index is -0.00481. The van der Waals surface area contributed by atoms with Crippen LogP contribution in [0.5, 0.6) is 0 Å². The summed E-state index contributed by atoms with van der Waals surface area (Å²) < 4.78 is 2.63. The van der Waals surface area contributed by atoms with Gasteiger partial charge in [-0.25, -0.2) is 0 Å². The molecule has 0 aliphatic heterocycles. The van der Waals surface area contributed by atoms with Crippen molar-refractivity contribution in [3.8, 4) is 21.6 Å². The summed E-state index contributed by atoms with van der Waals surface area (Å²) in [5, 5.41) is 5.40. The lowest BCUT2D eigenvalue weighted by Gasteiger charge is -2.12. The van der Waals surface area contributed by atoms with E-state index in [2.05, 4.69) is 121 Å². The monoisotopic (exact) mass is 648 g/mol. The Labute approximate surface area is 243 Å². The highest BCUT2D eigenvalue weighted by molar-refractivity contribution is 9.11. The molecule has 39 heavy (non-hydrogen) atoms. The number of rotatable bonds is 2. The van der Waals surface area contributed by atoms with Crippen molar-refractivity contribution in [1.82, 2.24) is 9.97 Å². The molecule has 0 spiro atoms. The van der Waals surface area contributed by atoms with E-state index in [1.807, 2.05) is 12.1 Å². The summed E-state index contributed by atoms with van der Waals surface area (Å²) in [6.07, 6.45) is 0. The van der Waals surface area contributed by atoms with E-state index in [1.165, 1.54) is 16.2 Å². The van der Waals surface area contributed by atoms with E-state index in [0.717, 1.165) is 62.7 Å². The number of nitrogens with one attached hydrogen (secondary N) is 2. The lowest BCUT2D eigenvalue weighted by atomic mass is 10.0. The molecule has 0 atom stereocenters. The molecule has 3 aromatic heterocycles. The number of fused-ring (bicyclic) bond motifs is 7. The maximum Gasteiger partial charge on any atom is 0.189 e. The third kappa shape index (κ3) is 3.42. The summed E-state index contributed by atoms with van der Waals surface area (Å²) in [7, 11) is 0. The van der Waals surface area contributed by atoms with Crippen molar-refractivity contribution in [1.29, 1.82) is 0 Å². The third-order valence-electron chi connectivity index (χ3n) is 7.53. The van der Waals surface area contributed by atoms with Crippen LogP contribution in [0.15, 0.2) is 111 Å². The Morgan fingerprint density at radius 3 is 1.82 bits per heavy atom. The molecular weight excluding hydrogens is 632 g/mol. The molecule has 0 saturated carbocycles. The molecule has 0 aliphatic rings.